The molecular weight excluding hydrogens is 278 g/mol. The van der Waals surface area contributed by atoms with E-state index in [-0.39, 0.29) is 5.76 Å². The monoisotopic (exact) mass is 293 g/mol. The minimum atomic E-state index is -1.09. The Labute approximate surface area is 122 Å². The van der Waals surface area contributed by atoms with Crippen molar-refractivity contribution in [1.82, 2.24) is 4.98 Å². The summed E-state index contributed by atoms with van der Waals surface area (Å²) in [4.78, 5) is 15.5. The summed E-state index contributed by atoms with van der Waals surface area (Å²) >= 11 is 5.98. The summed E-state index contributed by atoms with van der Waals surface area (Å²) in [7, 11) is 0. The van der Waals surface area contributed by atoms with Gasteiger partial charge >= 0.3 is 5.97 Å². The van der Waals surface area contributed by atoms with Gasteiger partial charge in [-0.2, -0.15) is 0 Å². The van der Waals surface area contributed by atoms with Crippen molar-refractivity contribution in [3.63, 3.8) is 0 Å². The normalized spacial score (nSPS) is 11.1. The number of carbonyl (C=O) groups is 1. The standard InChI is InChI=1S/C15H16ClNO3/c1-8(2)6-12-13(15(18)19)20-14(17-12)10-4-5-11(16)9(3)7-10/h4-5,7-8H,6H2,1-3H3,(H,18,19). The van der Waals surface area contributed by atoms with Crippen LogP contribution in [-0.2, 0) is 6.42 Å². The molecule has 2 rings (SSSR count). The molecular formula is C15H16ClNO3. The van der Waals surface area contributed by atoms with Crippen molar-refractivity contribution >= 4 is 17.6 Å². The number of aromatic carboxylic acids is 1. The predicted octanol–water partition coefficient (Wildman–Crippen LogP) is 4.20. The van der Waals surface area contributed by atoms with E-state index in [4.69, 9.17) is 16.0 Å². The highest BCUT2D eigenvalue weighted by Crippen LogP contribution is 2.27. The molecule has 1 heterocycles. The van der Waals surface area contributed by atoms with E-state index in [1.165, 1.54) is 0 Å². The van der Waals surface area contributed by atoms with E-state index in [9.17, 15) is 9.90 Å². The Hall–Kier alpha value is -1.81. The molecule has 1 aromatic carbocycles. The fourth-order valence-corrected chi connectivity index (χ4v) is 2.06. The molecule has 0 fully saturated rings. The van der Waals surface area contributed by atoms with E-state index < -0.39 is 5.97 Å². The molecule has 0 amide bonds. The highest BCUT2D eigenvalue weighted by molar-refractivity contribution is 6.31. The Balaban J connectivity index is 2.46. The molecule has 4 nitrogen and oxygen atoms in total. The average molecular weight is 294 g/mol. The maximum absolute atomic E-state index is 11.2. The lowest BCUT2D eigenvalue weighted by molar-refractivity contribution is 0.0661. The van der Waals surface area contributed by atoms with Crippen LogP contribution in [-0.4, -0.2) is 16.1 Å². The number of carboxylic acids is 1. The Morgan fingerprint density at radius 2 is 2.15 bits per heavy atom. The molecule has 5 heteroatoms. The van der Waals surface area contributed by atoms with Gasteiger partial charge in [-0.25, -0.2) is 9.78 Å². The third kappa shape index (κ3) is 3.02. The van der Waals surface area contributed by atoms with E-state index in [0.29, 0.717) is 28.9 Å². The summed E-state index contributed by atoms with van der Waals surface area (Å²) < 4.78 is 5.40. The van der Waals surface area contributed by atoms with Crippen molar-refractivity contribution in [2.45, 2.75) is 27.2 Å². The molecule has 20 heavy (non-hydrogen) atoms. The number of halogens is 1. The largest absolute Gasteiger partial charge is 0.475 e. The van der Waals surface area contributed by atoms with E-state index in [1.807, 2.05) is 26.8 Å². The fraction of sp³-hybridized carbons (Fsp3) is 0.333. The van der Waals surface area contributed by atoms with Crippen molar-refractivity contribution < 1.29 is 14.3 Å². The average Bonchev–Trinajstić information content (AvgIpc) is 2.76. The lowest BCUT2D eigenvalue weighted by atomic mass is 10.1. The van der Waals surface area contributed by atoms with E-state index in [1.54, 1.807) is 12.1 Å². The molecule has 1 N–H and O–H groups in total. The summed E-state index contributed by atoms with van der Waals surface area (Å²) in [5.41, 5.74) is 2.10. The van der Waals surface area contributed by atoms with Crippen LogP contribution in [0, 0.1) is 12.8 Å². The van der Waals surface area contributed by atoms with Gasteiger partial charge in [0.15, 0.2) is 0 Å². The van der Waals surface area contributed by atoms with Crippen LogP contribution in [0.1, 0.15) is 35.7 Å². The zero-order chi connectivity index (χ0) is 14.9. The van der Waals surface area contributed by atoms with Gasteiger partial charge in [0, 0.05) is 10.6 Å². The van der Waals surface area contributed by atoms with Crippen molar-refractivity contribution in [2.75, 3.05) is 0 Å². The van der Waals surface area contributed by atoms with Crippen LogP contribution in [0.3, 0.4) is 0 Å². The maximum atomic E-state index is 11.2. The second-order valence-electron chi connectivity index (χ2n) is 5.16. The van der Waals surface area contributed by atoms with Crippen LogP contribution < -0.4 is 0 Å². The van der Waals surface area contributed by atoms with Gasteiger partial charge in [0.25, 0.3) is 0 Å². The lowest BCUT2D eigenvalue weighted by Gasteiger charge is -2.00. The number of oxazole rings is 1. The van der Waals surface area contributed by atoms with Crippen molar-refractivity contribution in [3.8, 4) is 11.5 Å². The summed E-state index contributed by atoms with van der Waals surface area (Å²) in [5.74, 6) is -0.554. The second-order valence-corrected chi connectivity index (χ2v) is 5.57. The molecule has 0 atom stereocenters. The first-order chi connectivity index (χ1) is 9.38. The van der Waals surface area contributed by atoms with E-state index >= 15 is 0 Å². The van der Waals surface area contributed by atoms with Gasteiger partial charge in [0.2, 0.25) is 11.7 Å². The highest BCUT2D eigenvalue weighted by Gasteiger charge is 2.21. The fourth-order valence-electron chi connectivity index (χ4n) is 1.95. The van der Waals surface area contributed by atoms with Crippen molar-refractivity contribution in [3.05, 3.63) is 40.2 Å². The van der Waals surface area contributed by atoms with Gasteiger partial charge < -0.3 is 9.52 Å². The topological polar surface area (TPSA) is 63.3 Å². The van der Waals surface area contributed by atoms with Gasteiger partial charge in [0.05, 0.1) is 5.69 Å². The molecule has 0 aliphatic heterocycles. The summed E-state index contributed by atoms with van der Waals surface area (Å²) in [6, 6.07) is 5.35. The van der Waals surface area contributed by atoms with Gasteiger partial charge in [-0.15, -0.1) is 0 Å². The zero-order valence-electron chi connectivity index (χ0n) is 11.6. The number of nitrogens with zero attached hydrogens (tertiary/aromatic N) is 1. The molecule has 2 aromatic rings. The molecule has 0 aliphatic rings. The Bertz CT molecular complexity index is 647. The Morgan fingerprint density at radius 3 is 2.70 bits per heavy atom. The molecule has 0 saturated heterocycles. The van der Waals surface area contributed by atoms with Crippen molar-refractivity contribution in [2.24, 2.45) is 5.92 Å². The summed E-state index contributed by atoms with van der Waals surface area (Å²) in [5, 5.41) is 9.84. The second kappa shape index (κ2) is 5.67. The number of aromatic nitrogens is 1. The molecule has 0 bridgehead atoms. The number of aryl methyl sites for hydroxylation is 1. The number of carboxylic acid groups (broad SMARTS) is 1. The molecule has 0 radical (unpaired) electrons. The third-order valence-electron chi connectivity index (χ3n) is 2.90. The van der Waals surface area contributed by atoms with Crippen LogP contribution in [0.15, 0.2) is 22.6 Å². The number of benzene rings is 1. The Morgan fingerprint density at radius 1 is 1.45 bits per heavy atom. The molecule has 1 aromatic heterocycles. The molecule has 0 saturated carbocycles. The van der Waals surface area contributed by atoms with Crippen LogP contribution in [0.25, 0.3) is 11.5 Å². The van der Waals surface area contributed by atoms with E-state index in [2.05, 4.69) is 4.98 Å². The van der Waals surface area contributed by atoms with Crippen LogP contribution in [0.2, 0.25) is 5.02 Å². The Kier molecular flexibility index (Phi) is 4.14. The summed E-state index contributed by atoms with van der Waals surface area (Å²) in [6.45, 7) is 5.89. The van der Waals surface area contributed by atoms with Crippen LogP contribution in [0.5, 0.6) is 0 Å². The first-order valence-electron chi connectivity index (χ1n) is 6.38. The molecule has 0 unspecified atom stereocenters. The summed E-state index contributed by atoms with van der Waals surface area (Å²) in [6.07, 6.45) is 0.567. The zero-order valence-corrected chi connectivity index (χ0v) is 12.4. The third-order valence-corrected chi connectivity index (χ3v) is 3.32. The smallest absolute Gasteiger partial charge is 0.373 e. The van der Waals surface area contributed by atoms with Crippen LogP contribution >= 0.6 is 11.6 Å². The quantitative estimate of drug-likeness (QED) is 0.917. The highest BCUT2D eigenvalue weighted by atomic mass is 35.5. The SMILES string of the molecule is Cc1cc(-c2nc(CC(C)C)c(C(=O)O)o2)ccc1Cl. The minimum absolute atomic E-state index is 0.0821. The van der Waals surface area contributed by atoms with Gasteiger partial charge in [0.1, 0.15) is 0 Å². The van der Waals surface area contributed by atoms with E-state index in [0.717, 1.165) is 11.1 Å². The molecule has 0 aliphatic carbocycles. The van der Waals surface area contributed by atoms with Gasteiger partial charge in [-0.3, -0.25) is 0 Å². The van der Waals surface area contributed by atoms with Gasteiger partial charge in [-0.05, 0) is 43.0 Å². The van der Waals surface area contributed by atoms with Gasteiger partial charge in [-0.1, -0.05) is 25.4 Å². The lowest BCUT2D eigenvalue weighted by Crippen LogP contribution is -2.03. The van der Waals surface area contributed by atoms with Crippen LogP contribution in [0.4, 0.5) is 0 Å². The van der Waals surface area contributed by atoms with Crippen molar-refractivity contribution in [1.29, 1.82) is 0 Å². The first kappa shape index (κ1) is 14.6. The maximum Gasteiger partial charge on any atom is 0.373 e. The number of hydrogen-bond acceptors (Lipinski definition) is 3. The number of rotatable bonds is 4. The molecule has 106 valence electrons. The number of hydrogen-bond donors (Lipinski definition) is 1. The predicted molar refractivity (Wildman–Crippen MR) is 77.2 cm³/mol. The molecule has 0 spiro atoms. The first-order valence-corrected chi connectivity index (χ1v) is 6.75. The minimum Gasteiger partial charge on any atom is -0.475 e.